The number of carbonyl (C=O) groups excluding carboxylic acids is 1. The largest absolute Gasteiger partial charge is 0.412 e. The van der Waals surface area contributed by atoms with Crippen molar-refractivity contribution < 1.29 is 17.6 Å². The van der Waals surface area contributed by atoms with Crippen LogP contribution in [0.2, 0.25) is 5.02 Å². The predicted octanol–water partition coefficient (Wildman–Crippen LogP) is 2.67. The van der Waals surface area contributed by atoms with Crippen LogP contribution in [0.4, 0.5) is 0 Å². The summed E-state index contributed by atoms with van der Waals surface area (Å²) in [5, 5.41) is 9.94. The SMILES string of the molecule is O=C(NCCc1nnc(S(=O)(=O)Cc2ccccc2Cl)o1)c1ccccc1. The fourth-order valence-electron chi connectivity index (χ4n) is 2.32. The molecule has 0 atom stereocenters. The van der Waals surface area contributed by atoms with Crippen LogP contribution in [0.25, 0.3) is 0 Å². The zero-order chi connectivity index (χ0) is 19.3. The molecule has 1 heterocycles. The maximum Gasteiger partial charge on any atom is 0.335 e. The van der Waals surface area contributed by atoms with E-state index in [0.29, 0.717) is 16.1 Å². The lowest BCUT2D eigenvalue weighted by Gasteiger charge is -2.03. The zero-order valence-corrected chi connectivity index (χ0v) is 15.7. The molecule has 0 aliphatic rings. The van der Waals surface area contributed by atoms with Crippen LogP contribution in [0.15, 0.2) is 64.2 Å². The number of amides is 1. The molecule has 3 rings (SSSR count). The number of halogens is 1. The van der Waals surface area contributed by atoms with E-state index in [2.05, 4.69) is 15.5 Å². The van der Waals surface area contributed by atoms with Gasteiger partial charge in [0, 0.05) is 23.6 Å². The molecule has 0 aliphatic heterocycles. The van der Waals surface area contributed by atoms with E-state index >= 15 is 0 Å². The summed E-state index contributed by atoms with van der Waals surface area (Å²) in [4.78, 5) is 11.9. The summed E-state index contributed by atoms with van der Waals surface area (Å²) in [7, 11) is -3.81. The van der Waals surface area contributed by atoms with E-state index < -0.39 is 15.1 Å². The first-order valence-electron chi connectivity index (χ1n) is 8.07. The molecule has 1 aromatic heterocycles. The predicted molar refractivity (Wildman–Crippen MR) is 99.1 cm³/mol. The standard InChI is InChI=1S/C18H16ClN3O4S/c19-15-9-5-4-8-14(15)12-27(24,25)18-22-21-16(26-18)10-11-20-17(23)13-6-2-1-3-7-13/h1-9H,10-12H2,(H,20,23). The molecule has 0 saturated heterocycles. The highest BCUT2D eigenvalue weighted by molar-refractivity contribution is 7.90. The summed E-state index contributed by atoms with van der Waals surface area (Å²) in [5.74, 6) is -0.443. The first kappa shape index (κ1) is 19.1. The summed E-state index contributed by atoms with van der Waals surface area (Å²) in [6, 6.07) is 15.4. The molecule has 9 heteroatoms. The average Bonchev–Trinajstić information content (AvgIpc) is 3.14. The minimum Gasteiger partial charge on any atom is -0.412 e. The van der Waals surface area contributed by atoms with Crippen molar-refractivity contribution in [2.45, 2.75) is 17.4 Å². The Bertz CT molecular complexity index is 1040. The number of hydrogen-bond acceptors (Lipinski definition) is 6. The van der Waals surface area contributed by atoms with Gasteiger partial charge >= 0.3 is 5.22 Å². The maximum absolute atomic E-state index is 12.4. The van der Waals surface area contributed by atoms with E-state index in [1.807, 2.05) is 6.07 Å². The highest BCUT2D eigenvalue weighted by Gasteiger charge is 2.24. The van der Waals surface area contributed by atoms with Gasteiger partial charge in [-0.15, -0.1) is 5.10 Å². The van der Waals surface area contributed by atoms with Gasteiger partial charge in [-0.05, 0) is 23.8 Å². The van der Waals surface area contributed by atoms with Gasteiger partial charge in [0.1, 0.15) is 0 Å². The molecule has 0 bridgehead atoms. The first-order chi connectivity index (χ1) is 13.0. The summed E-state index contributed by atoms with van der Waals surface area (Å²) in [5.41, 5.74) is 0.986. The second-order valence-corrected chi connectivity index (χ2v) is 7.96. The van der Waals surface area contributed by atoms with E-state index in [9.17, 15) is 13.2 Å². The van der Waals surface area contributed by atoms with Crippen LogP contribution < -0.4 is 5.32 Å². The number of rotatable bonds is 7. The number of sulfone groups is 1. The molecular weight excluding hydrogens is 390 g/mol. The summed E-state index contributed by atoms with van der Waals surface area (Å²) < 4.78 is 30.1. The Morgan fingerprint density at radius 3 is 2.48 bits per heavy atom. The molecule has 0 radical (unpaired) electrons. The van der Waals surface area contributed by atoms with Crippen molar-refractivity contribution in [3.05, 3.63) is 76.6 Å². The Labute approximate surface area is 161 Å². The molecule has 0 spiro atoms. The van der Waals surface area contributed by atoms with Crippen molar-refractivity contribution in [1.82, 2.24) is 15.5 Å². The molecule has 1 N–H and O–H groups in total. The van der Waals surface area contributed by atoms with Gasteiger partial charge in [0.25, 0.3) is 5.91 Å². The second kappa shape index (κ2) is 8.32. The Hall–Kier alpha value is -2.71. The lowest BCUT2D eigenvalue weighted by Crippen LogP contribution is -2.25. The molecule has 0 saturated carbocycles. The molecule has 0 fully saturated rings. The van der Waals surface area contributed by atoms with E-state index in [1.54, 1.807) is 48.5 Å². The van der Waals surface area contributed by atoms with Gasteiger partial charge in [0.2, 0.25) is 15.7 Å². The van der Waals surface area contributed by atoms with Gasteiger partial charge in [0.05, 0.1) is 5.75 Å². The highest BCUT2D eigenvalue weighted by atomic mass is 35.5. The van der Waals surface area contributed by atoms with Crippen molar-refractivity contribution >= 4 is 27.3 Å². The molecule has 3 aromatic rings. The molecule has 0 unspecified atom stereocenters. The zero-order valence-electron chi connectivity index (χ0n) is 14.1. The normalized spacial score (nSPS) is 11.3. The van der Waals surface area contributed by atoms with Crippen LogP contribution >= 0.6 is 11.6 Å². The monoisotopic (exact) mass is 405 g/mol. The summed E-state index contributed by atoms with van der Waals surface area (Å²) in [6.45, 7) is 0.236. The molecule has 2 aromatic carbocycles. The van der Waals surface area contributed by atoms with Gasteiger partial charge < -0.3 is 9.73 Å². The first-order valence-corrected chi connectivity index (χ1v) is 10.1. The van der Waals surface area contributed by atoms with Crippen molar-refractivity contribution in [3.63, 3.8) is 0 Å². The van der Waals surface area contributed by atoms with E-state index in [4.69, 9.17) is 16.0 Å². The average molecular weight is 406 g/mol. The number of aromatic nitrogens is 2. The molecule has 1 amide bonds. The lowest BCUT2D eigenvalue weighted by molar-refractivity contribution is 0.0953. The Morgan fingerprint density at radius 2 is 1.74 bits per heavy atom. The van der Waals surface area contributed by atoms with Crippen molar-refractivity contribution in [2.24, 2.45) is 0 Å². The van der Waals surface area contributed by atoms with Gasteiger partial charge in [-0.3, -0.25) is 4.79 Å². The van der Waals surface area contributed by atoms with Gasteiger partial charge in [-0.2, -0.15) is 0 Å². The molecule has 0 aliphatic carbocycles. The van der Waals surface area contributed by atoms with Crippen LogP contribution in [-0.2, 0) is 22.0 Å². The third kappa shape index (κ3) is 4.93. The third-order valence-electron chi connectivity index (χ3n) is 3.68. The van der Waals surface area contributed by atoms with Gasteiger partial charge in [-0.25, -0.2) is 8.42 Å². The minimum absolute atomic E-state index is 0.126. The number of hydrogen-bond donors (Lipinski definition) is 1. The van der Waals surface area contributed by atoms with E-state index in [-0.39, 0.29) is 30.5 Å². The van der Waals surface area contributed by atoms with Crippen molar-refractivity contribution in [3.8, 4) is 0 Å². The number of nitrogens with one attached hydrogen (secondary N) is 1. The van der Waals surface area contributed by atoms with Crippen molar-refractivity contribution in [1.29, 1.82) is 0 Å². The fraction of sp³-hybridized carbons (Fsp3) is 0.167. The molecule has 27 heavy (non-hydrogen) atoms. The van der Waals surface area contributed by atoms with Gasteiger partial charge in [0.15, 0.2) is 0 Å². The van der Waals surface area contributed by atoms with E-state index in [0.717, 1.165) is 0 Å². The number of nitrogens with zero attached hydrogens (tertiary/aromatic N) is 2. The smallest absolute Gasteiger partial charge is 0.335 e. The Morgan fingerprint density at radius 1 is 1.04 bits per heavy atom. The third-order valence-corrected chi connectivity index (χ3v) is 5.43. The number of carbonyl (C=O) groups is 1. The van der Waals surface area contributed by atoms with Crippen LogP contribution in [-0.4, -0.2) is 31.1 Å². The molecule has 140 valence electrons. The minimum atomic E-state index is -3.81. The number of benzene rings is 2. The van der Waals surface area contributed by atoms with Crippen LogP contribution in [0, 0.1) is 0 Å². The highest BCUT2D eigenvalue weighted by Crippen LogP contribution is 2.21. The van der Waals surface area contributed by atoms with Crippen molar-refractivity contribution in [2.75, 3.05) is 6.54 Å². The molecule has 7 nitrogen and oxygen atoms in total. The lowest BCUT2D eigenvalue weighted by atomic mass is 10.2. The summed E-state index contributed by atoms with van der Waals surface area (Å²) >= 11 is 6.00. The summed E-state index contributed by atoms with van der Waals surface area (Å²) in [6.07, 6.45) is 0.215. The fourth-order valence-corrected chi connectivity index (χ4v) is 3.78. The van der Waals surface area contributed by atoms with Crippen LogP contribution in [0.5, 0.6) is 0 Å². The van der Waals surface area contributed by atoms with E-state index in [1.165, 1.54) is 0 Å². The quantitative estimate of drug-likeness (QED) is 0.648. The Kier molecular flexibility index (Phi) is 5.88. The molecular formula is C18H16ClN3O4S. The Balaban J connectivity index is 1.59. The second-order valence-electron chi connectivity index (χ2n) is 5.68. The van der Waals surface area contributed by atoms with Gasteiger partial charge in [-0.1, -0.05) is 53.1 Å². The van der Waals surface area contributed by atoms with Crippen LogP contribution in [0.3, 0.4) is 0 Å². The van der Waals surface area contributed by atoms with Crippen LogP contribution in [0.1, 0.15) is 21.8 Å². The maximum atomic E-state index is 12.4. The topological polar surface area (TPSA) is 102 Å².